The van der Waals surface area contributed by atoms with Crippen LogP contribution in [0, 0.1) is 13.8 Å². The van der Waals surface area contributed by atoms with E-state index in [0.717, 1.165) is 11.1 Å². The fourth-order valence-electron chi connectivity index (χ4n) is 1.93. The minimum atomic E-state index is -0.836. The summed E-state index contributed by atoms with van der Waals surface area (Å²) >= 11 is 0. The van der Waals surface area contributed by atoms with Crippen LogP contribution in [0.1, 0.15) is 21.5 Å². The molecule has 1 amide bonds. The quantitative estimate of drug-likeness (QED) is 0.843. The topological polar surface area (TPSA) is 88.3 Å². The second-order valence-corrected chi connectivity index (χ2v) is 4.86. The molecule has 0 saturated heterocycles. The molecule has 0 radical (unpaired) electrons. The first-order valence-corrected chi connectivity index (χ1v) is 6.69. The molecule has 1 aromatic heterocycles. The number of anilines is 1. The van der Waals surface area contributed by atoms with Crippen molar-refractivity contribution >= 4 is 17.6 Å². The number of aromatic amines is 1. The Morgan fingerprint density at radius 1 is 1.23 bits per heavy atom. The van der Waals surface area contributed by atoms with Crippen molar-refractivity contribution in [3.8, 4) is 0 Å². The molecule has 0 unspecified atom stereocenters. The second-order valence-electron chi connectivity index (χ2n) is 4.86. The van der Waals surface area contributed by atoms with Crippen LogP contribution >= 0.6 is 0 Å². The van der Waals surface area contributed by atoms with Gasteiger partial charge in [0.1, 0.15) is 5.56 Å². The predicted molar refractivity (Wildman–Crippen MR) is 81.9 cm³/mol. The van der Waals surface area contributed by atoms with E-state index in [4.69, 9.17) is 4.74 Å². The van der Waals surface area contributed by atoms with Gasteiger partial charge in [-0.05, 0) is 37.6 Å². The molecule has 0 saturated carbocycles. The van der Waals surface area contributed by atoms with Gasteiger partial charge in [0.2, 0.25) is 0 Å². The van der Waals surface area contributed by atoms with Gasteiger partial charge in [0.15, 0.2) is 6.61 Å². The molecule has 114 valence electrons. The average molecular weight is 300 g/mol. The van der Waals surface area contributed by atoms with Crippen LogP contribution in [-0.4, -0.2) is 23.5 Å². The molecule has 1 heterocycles. The van der Waals surface area contributed by atoms with Crippen LogP contribution in [0.5, 0.6) is 0 Å². The van der Waals surface area contributed by atoms with Crippen molar-refractivity contribution in [1.29, 1.82) is 0 Å². The van der Waals surface area contributed by atoms with Crippen molar-refractivity contribution in [2.45, 2.75) is 13.8 Å². The standard InChI is InChI=1S/C16H16N2O4/c1-10-5-6-13(11(2)8-10)18-14(19)9-22-16(21)12-4-3-7-17-15(12)20/h3-8H,9H2,1-2H3,(H,17,20)(H,18,19). The zero-order valence-electron chi connectivity index (χ0n) is 12.3. The molecular weight excluding hydrogens is 284 g/mol. The summed E-state index contributed by atoms with van der Waals surface area (Å²) in [6, 6.07) is 8.44. The molecule has 2 aromatic rings. The average Bonchev–Trinajstić information content (AvgIpc) is 2.48. The van der Waals surface area contributed by atoms with Gasteiger partial charge in [-0.2, -0.15) is 0 Å². The molecule has 0 aliphatic heterocycles. The van der Waals surface area contributed by atoms with Crippen molar-refractivity contribution in [3.05, 3.63) is 63.6 Å². The fraction of sp³-hybridized carbons (Fsp3) is 0.188. The van der Waals surface area contributed by atoms with Crippen LogP contribution in [0.25, 0.3) is 0 Å². The number of hydrogen-bond donors (Lipinski definition) is 2. The van der Waals surface area contributed by atoms with E-state index in [2.05, 4.69) is 10.3 Å². The molecular formula is C16H16N2O4. The van der Waals surface area contributed by atoms with Crippen molar-refractivity contribution < 1.29 is 14.3 Å². The lowest BCUT2D eigenvalue weighted by molar-refractivity contribution is -0.119. The Kier molecular flexibility index (Phi) is 4.73. The monoisotopic (exact) mass is 300 g/mol. The molecule has 0 aliphatic carbocycles. The number of carbonyl (C=O) groups excluding carboxylic acids is 2. The number of nitrogens with one attached hydrogen (secondary N) is 2. The summed E-state index contributed by atoms with van der Waals surface area (Å²) in [5.41, 5.74) is 1.97. The molecule has 2 rings (SSSR count). The number of esters is 1. The summed E-state index contributed by atoms with van der Waals surface area (Å²) in [5.74, 6) is -1.30. The van der Waals surface area contributed by atoms with Gasteiger partial charge in [0.05, 0.1) is 0 Å². The Morgan fingerprint density at radius 3 is 2.68 bits per heavy atom. The molecule has 1 aromatic carbocycles. The fourth-order valence-corrected chi connectivity index (χ4v) is 1.93. The summed E-state index contributed by atoms with van der Waals surface area (Å²) in [6.45, 7) is 3.37. The molecule has 6 heteroatoms. The number of rotatable bonds is 4. The van der Waals surface area contributed by atoms with Crippen LogP contribution < -0.4 is 10.9 Å². The number of aryl methyl sites for hydroxylation is 2. The molecule has 0 fully saturated rings. The van der Waals surface area contributed by atoms with Crippen LogP contribution in [0.15, 0.2) is 41.3 Å². The summed E-state index contributed by atoms with van der Waals surface area (Å²) < 4.78 is 4.84. The number of hydrogen-bond acceptors (Lipinski definition) is 4. The zero-order chi connectivity index (χ0) is 16.1. The Bertz CT molecular complexity index is 765. The smallest absolute Gasteiger partial charge is 0.344 e. The molecule has 6 nitrogen and oxygen atoms in total. The van der Waals surface area contributed by atoms with E-state index in [1.54, 1.807) is 6.07 Å². The minimum absolute atomic E-state index is 0.137. The SMILES string of the molecule is Cc1ccc(NC(=O)COC(=O)c2ccc[nH]c2=O)c(C)c1. The highest BCUT2D eigenvalue weighted by molar-refractivity contribution is 5.95. The van der Waals surface area contributed by atoms with Crippen molar-refractivity contribution in [1.82, 2.24) is 4.98 Å². The molecule has 0 bridgehead atoms. The third-order valence-electron chi connectivity index (χ3n) is 3.03. The highest BCUT2D eigenvalue weighted by Crippen LogP contribution is 2.15. The van der Waals surface area contributed by atoms with Gasteiger partial charge in [-0.1, -0.05) is 17.7 Å². The summed E-state index contributed by atoms with van der Waals surface area (Å²) in [4.78, 5) is 37.3. The number of H-pyrrole nitrogens is 1. The first kappa shape index (κ1) is 15.5. The molecule has 0 spiro atoms. The number of benzene rings is 1. The zero-order valence-corrected chi connectivity index (χ0v) is 12.3. The van der Waals surface area contributed by atoms with Crippen molar-refractivity contribution in [2.75, 3.05) is 11.9 Å². The van der Waals surface area contributed by atoms with Crippen molar-refractivity contribution in [3.63, 3.8) is 0 Å². The van der Waals surface area contributed by atoms with Crippen molar-refractivity contribution in [2.24, 2.45) is 0 Å². The lowest BCUT2D eigenvalue weighted by Gasteiger charge is -2.09. The van der Waals surface area contributed by atoms with Gasteiger partial charge in [0, 0.05) is 11.9 Å². The minimum Gasteiger partial charge on any atom is -0.452 e. The van der Waals surface area contributed by atoms with E-state index >= 15 is 0 Å². The summed E-state index contributed by atoms with van der Waals surface area (Å²) in [6.07, 6.45) is 1.41. The lowest BCUT2D eigenvalue weighted by Crippen LogP contribution is -2.24. The summed E-state index contributed by atoms with van der Waals surface area (Å²) in [5, 5.41) is 2.66. The van der Waals surface area contributed by atoms with E-state index in [0.29, 0.717) is 5.69 Å². The van der Waals surface area contributed by atoms with Gasteiger partial charge in [-0.15, -0.1) is 0 Å². The normalized spacial score (nSPS) is 10.1. The largest absolute Gasteiger partial charge is 0.452 e. The van der Waals surface area contributed by atoms with E-state index in [1.165, 1.54) is 18.3 Å². The first-order chi connectivity index (χ1) is 10.5. The predicted octanol–water partition coefficient (Wildman–Crippen LogP) is 1.79. The number of carbonyl (C=O) groups is 2. The van der Waals surface area contributed by atoms with Crippen LogP contribution in [-0.2, 0) is 9.53 Å². The first-order valence-electron chi connectivity index (χ1n) is 6.69. The van der Waals surface area contributed by atoms with Crippen LogP contribution in [0.2, 0.25) is 0 Å². The van der Waals surface area contributed by atoms with E-state index in [1.807, 2.05) is 26.0 Å². The van der Waals surface area contributed by atoms with E-state index in [-0.39, 0.29) is 5.56 Å². The molecule has 0 aliphatic rings. The Morgan fingerprint density at radius 2 is 2.00 bits per heavy atom. The number of aromatic nitrogens is 1. The Balaban J connectivity index is 1.94. The number of pyridine rings is 1. The second kappa shape index (κ2) is 6.71. The maximum absolute atomic E-state index is 11.8. The molecule has 2 N–H and O–H groups in total. The molecule has 0 atom stereocenters. The third-order valence-corrected chi connectivity index (χ3v) is 3.03. The van der Waals surface area contributed by atoms with Gasteiger partial charge in [-0.25, -0.2) is 4.79 Å². The third kappa shape index (κ3) is 3.82. The maximum atomic E-state index is 11.8. The number of amides is 1. The van der Waals surface area contributed by atoms with Crippen LogP contribution in [0.3, 0.4) is 0 Å². The summed E-state index contributed by atoms with van der Waals surface area (Å²) in [7, 11) is 0. The van der Waals surface area contributed by atoms with Gasteiger partial charge in [0.25, 0.3) is 11.5 Å². The van der Waals surface area contributed by atoms with Gasteiger partial charge >= 0.3 is 5.97 Å². The highest BCUT2D eigenvalue weighted by atomic mass is 16.5. The van der Waals surface area contributed by atoms with Crippen LogP contribution in [0.4, 0.5) is 5.69 Å². The number of ether oxygens (including phenoxy) is 1. The Labute approximate surface area is 127 Å². The van der Waals surface area contributed by atoms with E-state index in [9.17, 15) is 14.4 Å². The molecule has 22 heavy (non-hydrogen) atoms. The maximum Gasteiger partial charge on any atom is 0.344 e. The lowest BCUT2D eigenvalue weighted by atomic mass is 10.1. The Hall–Kier alpha value is -2.89. The highest BCUT2D eigenvalue weighted by Gasteiger charge is 2.13. The van der Waals surface area contributed by atoms with Gasteiger partial charge in [-0.3, -0.25) is 9.59 Å². The van der Waals surface area contributed by atoms with E-state index < -0.39 is 24.0 Å². The van der Waals surface area contributed by atoms with Gasteiger partial charge < -0.3 is 15.0 Å².